The third-order valence-corrected chi connectivity index (χ3v) is 5.31. The number of nitrogens with one attached hydrogen (secondary N) is 1. The van der Waals surface area contributed by atoms with E-state index >= 15 is 0 Å². The molecule has 0 saturated carbocycles. The SMILES string of the molecule is CCOc1cc(/C=C(\C#N)C(=O)Nc2ccc(O)cc2)cc(Br)c1OCc1ccc(C(=O)O)cc1. The Morgan fingerprint density at radius 1 is 1.09 bits per heavy atom. The zero-order chi connectivity index (χ0) is 25.4. The number of carbonyl (C=O) groups excluding carboxylic acids is 1. The van der Waals surface area contributed by atoms with E-state index in [4.69, 9.17) is 14.6 Å². The van der Waals surface area contributed by atoms with Crippen LogP contribution in [0.15, 0.2) is 70.7 Å². The number of anilines is 1. The number of ether oxygens (including phenoxy) is 2. The number of hydrogen-bond acceptors (Lipinski definition) is 6. The van der Waals surface area contributed by atoms with Crippen molar-refractivity contribution in [3.05, 3.63) is 87.4 Å². The summed E-state index contributed by atoms with van der Waals surface area (Å²) in [6.45, 7) is 2.35. The van der Waals surface area contributed by atoms with Crippen LogP contribution in [0.25, 0.3) is 6.08 Å². The van der Waals surface area contributed by atoms with Gasteiger partial charge in [-0.05, 0) is 88.6 Å². The first-order valence-electron chi connectivity index (χ1n) is 10.4. The molecule has 0 radical (unpaired) electrons. The van der Waals surface area contributed by atoms with Crippen LogP contribution in [-0.4, -0.2) is 28.7 Å². The molecular formula is C26H21BrN2O6. The maximum atomic E-state index is 12.6. The molecule has 0 atom stereocenters. The van der Waals surface area contributed by atoms with Crippen molar-refractivity contribution in [2.45, 2.75) is 13.5 Å². The number of benzene rings is 3. The van der Waals surface area contributed by atoms with Crippen LogP contribution in [0.5, 0.6) is 17.2 Å². The van der Waals surface area contributed by atoms with E-state index in [9.17, 15) is 20.0 Å². The number of nitriles is 1. The third kappa shape index (κ3) is 6.85. The third-order valence-electron chi connectivity index (χ3n) is 4.72. The van der Waals surface area contributed by atoms with Crippen molar-refractivity contribution in [2.75, 3.05) is 11.9 Å². The summed E-state index contributed by atoms with van der Waals surface area (Å²) < 4.78 is 12.2. The zero-order valence-corrected chi connectivity index (χ0v) is 20.2. The van der Waals surface area contributed by atoms with Crippen molar-refractivity contribution in [3.63, 3.8) is 0 Å². The van der Waals surface area contributed by atoms with Gasteiger partial charge in [-0.3, -0.25) is 4.79 Å². The summed E-state index contributed by atoms with van der Waals surface area (Å²) in [7, 11) is 0. The number of carboxylic acid groups (broad SMARTS) is 1. The maximum Gasteiger partial charge on any atom is 0.335 e. The fraction of sp³-hybridized carbons (Fsp3) is 0.115. The summed E-state index contributed by atoms with van der Waals surface area (Å²) in [5.41, 5.74) is 1.80. The highest BCUT2D eigenvalue weighted by Crippen LogP contribution is 2.38. The summed E-state index contributed by atoms with van der Waals surface area (Å²) in [5, 5.41) is 30.5. The zero-order valence-electron chi connectivity index (χ0n) is 18.6. The van der Waals surface area contributed by atoms with Crippen molar-refractivity contribution in [1.29, 1.82) is 5.26 Å². The van der Waals surface area contributed by atoms with E-state index in [1.165, 1.54) is 42.5 Å². The van der Waals surface area contributed by atoms with Crippen molar-refractivity contribution >= 4 is 39.6 Å². The Balaban J connectivity index is 1.81. The van der Waals surface area contributed by atoms with Crippen LogP contribution in [-0.2, 0) is 11.4 Å². The molecule has 0 heterocycles. The van der Waals surface area contributed by atoms with Gasteiger partial charge in [0, 0.05) is 5.69 Å². The topological polar surface area (TPSA) is 129 Å². The number of aromatic carboxylic acids is 1. The lowest BCUT2D eigenvalue weighted by Gasteiger charge is -2.15. The molecule has 9 heteroatoms. The van der Waals surface area contributed by atoms with Crippen molar-refractivity contribution < 1.29 is 29.3 Å². The number of hydrogen-bond donors (Lipinski definition) is 3. The average molecular weight is 537 g/mol. The molecule has 3 aromatic rings. The molecule has 0 spiro atoms. The predicted octanol–water partition coefficient (Wildman–Crippen LogP) is 5.38. The molecule has 178 valence electrons. The summed E-state index contributed by atoms with van der Waals surface area (Å²) in [6, 6.07) is 17.5. The van der Waals surface area contributed by atoms with Crippen molar-refractivity contribution in [1.82, 2.24) is 0 Å². The van der Waals surface area contributed by atoms with Gasteiger partial charge in [-0.2, -0.15) is 5.26 Å². The number of halogens is 1. The number of aromatic hydroxyl groups is 1. The van der Waals surface area contributed by atoms with Crippen LogP contribution < -0.4 is 14.8 Å². The van der Waals surface area contributed by atoms with Gasteiger partial charge in [-0.15, -0.1) is 0 Å². The monoisotopic (exact) mass is 536 g/mol. The Kier molecular flexibility index (Phi) is 8.48. The van der Waals surface area contributed by atoms with E-state index < -0.39 is 11.9 Å². The highest BCUT2D eigenvalue weighted by molar-refractivity contribution is 9.10. The molecule has 3 N–H and O–H groups in total. The Morgan fingerprint density at radius 2 is 1.77 bits per heavy atom. The molecule has 0 aliphatic heterocycles. The molecule has 35 heavy (non-hydrogen) atoms. The fourth-order valence-electron chi connectivity index (χ4n) is 3.03. The lowest BCUT2D eigenvalue weighted by molar-refractivity contribution is -0.112. The highest BCUT2D eigenvalue weighted by atomic mass is 79.9. The van der Waals surface area contributed by atoms with Gasteiger partial charge in [0.05, 0.1) is 16.6 Å². The molecule has 3 rings (SSSR count). The summed E-state index contributed by atoms with van der Waals surface area (Å²) in [5.74, 6) is -0.704. The van der Waals surface area contributed by atoms with Gasteiger partial charge < -0.3 is 25.0 Å². The van der Waals surface area contributed by atoms with Crippen molar-refractivity contribution in [3.8, 4) is 23.3 Å². The summed E-state index contributed by atoms with van der Waals surface area (Å²) in [6.07, 6.45) is 1.43. The van der Waals surface area contributed by atoms with E-state index in [1.807, 2.05) is 13.0 Å². The van der Waals surface area contributed by atoms with Gasteiger partial charge in [0.1, 0.15) is 24.0 Å². The number of rotatable bonds is 9. The second-order valence-electron chi connectivity index (χ2n) is 7.22. The largest absolute Gasteiger partial charge is 0.508 e. The molecule has 0 aliphatic carbocycles. The van der Waals surface area contributed by atoms with Crippen LogP contribution in [0.3, 0.4) is 0 Å². The van der Waals surface area contributed by atoms with Crippen LogP contribution in [0.1, 0.15) is 28.4 Å². The number of nitrogens with zero attached hydrogens (tertiary/aromatic N) is 1. The molecule has 0 aromatic heterocycles. The normalized spacial score (nSPS) is 10.8. The average Bonchev–Trinajstić information content (AvgIpc) is 2.83. The lowest BCUT2D eigenvalue weighted by Crippen LogP contribution is -2.13. The molecule has 0 unspecified atom stereocenters. The number of carboxylic acids is 1. The molecule has 1 amide bonds. The van der Waals surface area contributed by atoms with E-state index in [1.54, 1.807) is 24.3 Å². The van der Waals surface area contributed by atoms with Gasteiger partial charge in [-0.1, -0.05) is 12.1 Å². The first kappa shape index (κ1) is 25.3. The number of phenols is 1. The predicted molar refractivity (Wildman–Crippen MR) is 133 cm³/mol. The van der Waals surface area contributed by atoms with E-state index in [-0.39, 0.29) is 23.5 Å². The van der Waals surface area contributed by atoms with Gasteiger partial charge in [0.2, 0.25) is 0 Å². The van der Waals surface area contributed by atoms with Crippen LogP contribution in [0, 0.1) is 11.3 Å². The Bertz CT molecular complexity index is 1300. The summed E-state index contributed by atoms with van der Waals surface area (Å²) in [4.78, 5) is 23.6. The molecule has 0 bridgehead atoms. The molecular weight excluding hydrogens is 516 g/mol. The Morgan fingerprint density at radius 3 is 2.37 bits per heavy atom. The van der Waals surface area contributed by atoms with E-state index in [0.29, 0.717) is 33.8 Å². The lowest BCUT2D eigenvalue weighted by atomic mass is 10.1. The standard InChI is InChI=1S/C26H21BrN2O6/c1-2-34-23-13-17(11-19(14-28)25(31)29-20-7-9-21(30)10-8-20)12-22(27)24(23)35-15-16-3-5-18(6-4-16)26(32)33/h3-13,30H,2,15H2,1H3,(H,29,31)(H,32,33)/b19-11+. The second kappa shape index (κ2) is 11.7. The highest BCUT2D eigenvalue weighted by Gasteiger charge is 2.15. The minimum atomic E-state index is -1.00. The first-order chi connectivity index (χ1) is 16.8. The fourth-order valence-corrected chi connectivity index (χ4v) is 3.61. The van der Waals surface area contributed by atoms with Gasteiger partial charge >= 0.3 is 5.97 Å². The number of amides is 1. The maximum absolute atomic E-state index is 12.6. The van der Waals surface area contributed by atoms with E-state index in [2.05, 4.69) is 21.2 Å². The second-order valence-corrected chi connectivity index (χ2v) is 8.08. The van der Waals surface area contributed by atoms with Crippen LogP contribution >= 0.6 is 15.9 Å². The quantitative estimate of drug-likeness (QED) is 0.190. The smallest absolute Gasteiger partial charge is 0.335 e. The summed E-state index contributed by atoms with van der Waals surface area (Å²) >= 11 is 3.46. The molecule has 0 fully saturated rings. The van der Waals surface area contributed by atoms with E-state index in [0.717, 1.165) is 5.56 Å². The van der Waals surface area contributed by atoms with Crippen molar-refractivity contribution in [2.24, 2.45) is 0 Å². The van der Waals surface area contributed by atoms with Gasteiger partial charge in [-0.25, -0.2) is 4.79 Å². The minimum Gasteiger partial charge on any atom is -0.508 e. The van der Waals surface area contributed by atoms with Crippen LogP contribution in [0.4, 0.5) is 5.69 Å². The Hall–Kier alpha value is -4.29. The number of phenolic OH excluding ortho intramolecular Hbond substituents is 1. The van der Waals surface area contributed by atoms with Gasteiger partial charge in [0.25, 0.3) is 5.91 Å². The molecule has 8 nitrogen and oxygen atoms in total. The van der Waals surface area contributed by atoms with Crippen LogP contribution in [0.2, 0.25) is 0 Å². The van der Waals surface area contributed by atoms with Gasteiger partial charge in [0.15, 0.2) is 11.5 Å². The first-order valence-corrected chi connectivity index (χ1v) is 11.2. The number of carbonyl (C=O) groups is 2. The molecule has 3 aromatic carbocycles. The minimum absolute atomic E-state index is 0.0620. The Labute approximate surface area is 210 Å². The molecule has 0 saturated heterocycles. The molecule has 0 aliphatic rings.